The first-order valence-corrected chi connectivity index (χ1v) is 9.02. The summed E-state index contributed by atoms with van der Waals surface area (Å²) in [6.07, 6.45) is 1.76. The average molecular weight is 351 g/mol. The molecule has 1 aromatic rings. The predicted octanol–water partition coefficient (Wildman–Crippen LogP) is 3.86. The lowest BCUT2D eigenvalue weighted by atomic mass is 9.97. The van der Waals surface area contributed by atoms with Gasteiger partial charge < -0.3 is 14.2 Å². The summed E-state index contributed by atoms with van der Waals surface area (Å²) in [5.41, 5.74) is 0.305. The van der Waals surface area contributed by atoms with Gasteiger partial charge in [0.05, 0.1) is 11.7 Å². The molecular weight excluding hydrogens is 322 g/mol. The van der Waals surface area contributed by atoms with Crippen LogP contribution in [0.15, 0.2) is 10.6 Å². The van der Waals surface area contributed by atoms with Gasteiger partial charge in [-0.2, -0.15) is 0 Å². The topological polar surface area (TPSA) is 75.9 Å². The van der Waals surface area contributed by atoms with E-state index in [4.69, 9.17) is 9.26 Å². The van der Waals surface area contributed by atoms with Gasteiger partial charge in [-0.05, 0) is 40.0 Å². The molecule has 0 N–H and O–H groups in total. The molecule has 1 saturated heterocycles. The number of rotatable bonds is 7. The van der Waals surface area contributed by atoms with E-state index in [1.165, 1.54) is 4.90 Å². The van der Waals surface area contributed by atoms with Gasteiger partial charge in [-0.15, -0.1) is 0 Å². The largest absolute Gasteiger partial charge is 0.439 e. The first kappa shape index (κ1) is 19.3. The molecule has 1 fully saturated rings. The number of hydrogen-bond acceptors (Lipinski definition) is 5. The SMILES string of the molecule is CCCC(=O)OC1C(CC)N(C(C)(C)CC)C(=O)N1c1cc(C)no1. The van der Waals surface area contributed by atoms with Crippen LogP contribution >= 0.6 is 0 Å². The number of nitrogens with zero attached hydrogens (tertiary/aromatic N) is 3. The first-order valence-electron chi connectivity index (χ1n) is 9.02. The van der Waals surface area contributed by atoms with E-state index < -0.39 is 6.23 Å². The van der Waals surface area contributed by atoms with Crippen molar-refractivity contribution < 1.29 is 18.8 Å². The van der Waals surface area contributed by atoms with Crippen molar-refractivity contribution in [3.63, 3.8) is 0 Å². The summed E-state index contributed by atoms with van der Waals surface area (Å²) in [6, 6.07) is 1.23. The van der Waals surface area contributed by atoms with Gasteiger partial charge in [-0.3, -0.25) is 4.79 Å². The Morgan fingerprint density at radius 1 is 1.36 bits per heavy atom. The molecule has 2 atom stereocenters. The zero-order chi connectivity index (χ0) is 18.8. The smallest absolute Gasteiger partial charge is 0.330 e. The van der Waals surface area contributed by atoms with Crippen LogP contribution in [0.25, 0.3) is 0 Å². The Morgan fingerprint density at radius 2 is 2.04 bits per heavy atom. The molecule has 2 rings (SSSR count). The van der Waals surface area contributed by atoms with Crippen LogP contribution < -0.4 is 4.90 Å². The molecule has 2 heterocycles. The molecule has 1 aliphatic rings. The molecular formula is C18H29N3O4. The highest BCUT2D eigenvalue weighted by Crippen LogP contribution is 2.37. The molecule has 7 heteroatoms. The minimum absolute atomic E-state index is 0.218. The van der Waals surface area contributed by atoms with Crippen molar-refractivity contribution >= 4 is 17.9 Å². The third-order valence-corrected chi connectivity index (χ3v) is 4.82. The summed E-state index contributed by atoms with van der Waals surface area (Å²) < 4.78 is 11.0. The molecule has 0 bridgehead atoms. The number of esters is 1. The molecule has 1 aliphatic heterocycles. The molecule has 0 aromatic carbocycles. The lowest BCUT2D eigenvalue weighted by molar-refractivity contribution is -0.150. The Labute approximate surface area is 149 Å². The summed E-state index contributed by atoms with van der Waals surface area (Å²) in [7, 11) is 0. The van der Waals surface area contributed by atoms with E-state index in [9.17, 15) is 9.59 Å². The van der Waals surface area contributed by atoms with Crippen LogP contribution in [0.2, 0.25) is 0 Å². The van der Waals surface area contributed by atoms with Crippen molar-refractivity contribution in [1.29, 1.82) is 0 Å². The zero-order valence-corrected chi connectivity index (χ0v) is 16.0. The van der Waals surface area contributed by atoms with Gasteiger partial charge in [0, 0.05) is 18.0 Å². The van der Waals surface area contributed by atoms with E-state index in [2.05, 4.69) is 5.16 Å². The molecule has 140 valence electrons. The molecule has 25 heavy (non-hydrogen) atoms. The second-order valence-corrected chi connectivity index (χ2v) is 7.10. The Hall–Kier alpha value is -2.05. The van der Waals surface area contributed by atoms with Gasteiger partial charge in [0.15, 0.2) is 0 Å². The number of amides is 2. The fourth-order valence-corrected chi connectivity index (χ4v) is 3.14. The maximum atomic E-state index is 13.2. The van der Waals surface area contributed by atoms with Crippen LogP contribution in [-0.4, -0.2) is 39.9 Å². The molecule has 1 aromatic heterocycles. The minimum atomic E-state index is -0.713. The molecule has 7 nitrogen and oxygen atoms in total. The van der Waals surface area contributed by atoms with Crippen molar-refractivity contribution in [3.8, 4) is 0 Å². The first-order chi connectivity index (χ1) is 11.8. The van der Waals surface area contributed by atoms with E-state index in [0.717, 1.165) is 6.42 Å². The van der Waals surface area contributed by atoms with Crippen LogP contribution in [0.1, 0.15) is 66.0 Å². The highest BCUT2D eigenvalue weighted by molar-refractivity contribution is 5.95. The van der Waals surface area contributed by atoms with E-state index in [1.807, 2.05) is 39.5 Å². The summed E-state index contributed by atoms with van der Waals surface area (Å²) >= 11 is 0. The highest BCUT2D eigenvalue weighted by Gasteiger charge is 2.53. The Morgan fingerprint density at radius 3 is 2.52 bits per heavy atom. The van der Waals surface area contributed by atoms with Gasteiger partial charge >= 0.3 is 12.0 Å². The quantitative estimate of drug-likeness (QED) is 0.697. The third kappa shape index (κ3) is 3.65. The monoisotopic (exact) mass is 351 g/mol. The van der Waals surface area contributed by atoms with Crippen molar-refractivity contribution in [1.82, 2.24) is 10.1 Å². The Balaban J connectivity index is 2.45. The Bertz CT molecular complexity index is 626. The number of ether oxygens (including phenoxy) is 1. The summed E-state index contributed by atoms with van der Waals surface area (Å²) in [6.45, 7) is 11.8. The standard InChI is InChI=1S/C18H29N3O4/c1-7-10-15(22)24-16-13(8-2)21(18(5,6)9-3)17(23)20(16)14-11-12(4)19-25-14/h11,13,16H,7-10H2,1-6H3. The van der Waals surface area contributed by atoms with E-state index in [0.29, 0.717) is 30.8 Å². The van der Waals surface area contributed by atoms with Crippen molar-refractivity contribution in [2.45, 2.75) is 85.0 Å². The van der Waals surface area contributed by atoms with Crippen LogP contribution in [0.4, 0.5) is 10.7 Å². The van der Waals surface area contributed by atoms with Crippen molar-refractivity contribution in [2.75, 3.05) is 4.90 Å². The maximum absolute atomic E-state index is 13.2. The second kappa shape index (κ2) is 7.45. The lowest BCUT2D eigenvalue weighted by Crippen LogP contribution is -2.50. The van der Waals surface area contributed by atoms with Gasteiger partial charge in [-0.25, -0.2) is 9.69 Å². The van der Waals surface area contributed by atoms with E-state index in [1.54, 1.807) is 13.0 Å². The lowest BCUT2D eigenvalue weighted by Gasteiger charge is -2.38. The number of carbonyl (C=O) groups is 2. The van der Waals surface area contributed by atoms with Crippen LogP contribution in [0.3, 0.4) is 0 Å². The van der Waals surface area contributed by atoms with Gasteiger partial charge in [0.2, 0.25) is 12.1 Å². The average Bonchev–Trinajstić information content (AvgIpc) is 3.08. The fraction of sp³-hybridized carbons (Fsp3) is 0.722. The predicted molar refractivity (Wildman–Crippen MR) is 94.2 cm³/mol. The molecule has 0 aliphatic carbocycles. The minimum Gasteiger partial charge on any atom is -0.439 e. The molecule has 0 saturated carbocycles. The molecule has 2 amide bonds. The summed E-state index contributed by atoms with van der Waals surface area (Å²) in [4.78, 5) is 28.6. The van der Waals surface area contributed by atoms with Crippen molar-refractivity contribution in [3.05, 3.63) is 11.8 Å². The van der Waals surface area contributed by atoms with Crippen LogP contribution in [0.5, 0.6) is 0 Å². The van der Waals surface area contributed by atoms with Crippen LogP contribution in [0, 0.1) is 6.92 Å². The summed E-state index contributed by atoms with van der Waals surface area (Å²) in [5, 5.41) is 3.88. The number of aromatic nitrogens is 1. The second-order valence-electron chi connectivity index (χ2n) is 7.10. The normalized spacial score (nSPS) is 21.1. The number of aryl methyl sites for hydroxylation is 1. The van der Waals surface area contributed by atoms with Crippen molar-refractivity contribution in [2.24, 2.45) is 0 Å². The zero-order valence-electron chi connectivity index (χ0n) is 16.0. The third-order valence-electron chi connectivity index (χ3n) is 4.82. The fourth-order valence-electron chi connectivity index (χ4n) is 3.14. The number of hydrogen-bond donors (Lipinski definition) is 0. The van der Waals surface area contributed by atoms with Gasteiger partial charge in [-0.1, -0.05) is 25.9 Å². The van der Waals surface area contributed by atoms with E-state index >= 15 is 0 Å². The van der Waals surface area contributed by atoms with E-state index in [-0.39, 0.29) is 23.6 Å². The number of anilines is 1. The van der Waals surface area contributed by atoms with Crippen LogP contribution in [-0.2, 0) is 9.53 Å². The van der Waals surface area contributed by atoms with Gasteiger partial charge in [0.1, 0.15) is 0 Å². The number of urea groups is 1. The molecule has 2 unspecified atom stereocenters. The molecule has 0 spiro atoms. The summed E-state index contributed by atoms with van der Waals surface area (Å²) in [5.74, 6) is 0.000735. The number of carbonyl (C=O) groups excluding carboxylic acids is 2. The maximum Gasteiger partial charge on any atom is 0.330 e. The highest BCUT2D eigenvalue weighted by atomic mass is 16.6. The molecule has 0 radical (unpaired) electrons. The van der Waals surface area contributed by atoms with Gasteiger partial charge in [0.25, 0.3) is 0 Å². The Kier molecular flexibility index (Phi) is 5.75.